The van der Waals surface area contributed by atoms with E-state index in [1.165, 1.54) is 19.1 Å². The summed E-state index contributed by atoms with van der Waals surface area (Å²) in [4.78, 5) is 37.4. The van der Waals surface area contributed by atoms with Crippen LogP contribution in [0.4, 0.5) is 0 Å². The van der Waals surface area contributed by atoms with Gasteiger partial charge < -0.3 is 20.0 Å². The third-order valence-corrected chi connectivity index (χ3v) is 3.02. The van der Waals surface area contributed by atoms with E-state index in [1.807, 2.05) is 0 Å². The van der Waals surface area contributed by atoms with Gasteiger partial charge >= 0.3 is 5.97 Å². The molecule has 0 radical (unpaired) electrons. The summed E-state index contributed by atoms with van der Waals surface area (Å²) in [6.45, 7) is 1.31. The Morgan fingerprint density at radius 1 is 1.25 bits per heavy atom. The lowest BCUT2D eigenvalue weighted by Crippen LogP contribution is -2.42. The molecule has 24 heavy (non-hydrogen) atoms. The number of hydrogen-bond donors (Lipinski definition) is 2. The van der Waals surface area contributed by atoms with Crippen molar-refractivity contribution < 1.29 is 29.4 Å². The zero-order chi connectivity index (χ0) is 17.9. The van der Waals surface area contributed by atoms with Crippen molar-refractivity contribution in [2.75, 3.05) is 13.2 Å². The number of amides is 1. The van der Waals surface area contributed by atoms with E-state index in [0.717, 1.165) is 5.56 Å². The number of aromatic hydroxyl groups is 1. The number of hydrogen-bond acceptors (Lipinski definition) is 7. The Balaban J connectivity index is 2.45. The first-order valence-corrected chi connectivity index (χ1v) is 7.37. The summed E-state index contributed by atoms with van der Waals surface area (Å²) in [5.74, 6) is -0.849. The minimum Gasteiger partial charge on any atom is -0.508 e. The molecule has 0 fully saturated rings. The van der Waals surface area contributed by atoms with Crippen LogP contribution in [0.2, 0.25) is 0 Å². The fourth-order valence-corrected chi connectivity index (χ4v) is 1.92. The second kappa shape index (κ2) is 10.0. The molecule has 9 heteroatoms. The van der Waals surface area contributed by atoms with Crippen molar-refractivity contribution >= 4 is 11.9 Å². The topological polar surface area (TPSA) is 128 Å². The van der Waals surface area contributed by atoms with Gasteiger partial charge in [-0.3, -0.25) is 4.79 Å². The van der Waals surface area contributed by atoms with Crippen LogP contribution in [0.1, 0.15) is 25.3 Å². The van der Waals surface area contributed by atoms with Crippen molar-refractivity contribution in [1.82, 2.24) is 5.32 Å². The number of benzene rings is 1. The zero-order valence-electron chi connectivity index (χ0n) is 13.3. The first-order valence-electron chi connectivity index (χ1n) is 7.37. The van der Waals surface area contributed by atoms with Crippen LogP contribution in [0.5, 0.6) is 5.75 Å². The predicted molar refractivity (Wildman–Crippen MR) is 82.6 cm³/mol. The normalized spacial score (nSPS) is 11.4. The Morgan fingerprint density at radius 3 is 2.46 bits per heavy atom. The summed E-state index contributed by atoms with van der Waals surface area (Å²) in [5, 5.41) is 20.9. The second-order valence-electron chi connectivity index (χ2n) is 5.06. The number of rotatable bonds is 10. The lowest BCUT2D eigenvalue weighted by molar-refractivity contribution is -0.757. The molecule has 2 N–H and O–H groups in total. The quantitative estimate of drug-likeness (QED) is 0.281. The second-order valence-corrected chi connectivity index (χ2v) is 5.06. The van der Waals surface area contributed by atoms with E-state index in [1.54, 1.807) is 12.1 Å². The molecule has 0 aromatic heterocycles. The summed E-state index contributed by atoms with van der Waals surface area (Å²) < 4.78 is 5.08. The number of nitrogens with zero attached hydrogens (tertiary/aromatic N) is 1. The molecule has 0 aliphatic rings. The van der Waals surface area contributed by atoms with Crippen LogP contribution in [-0.4, -0.2) is 41.3 Å². The molecule has 0 heterocycles. The number of carbonyl (C=O) groups is 2. The van der Waals surface area contributed by atoms with Gasteiger partial charge in [-0.05, 0) is 30.5 Å². The van der Waals surface area contributed by atoms with E-state index in [9.17, 15) is 24.8 Å². The first-order chi connectivity index (χ1) is 11.4. The van der Waals surface area contributed by atoms with Gasteiger partial charge in [-0.25, -0.2) is 4.79 Å². The van der Waals surface area contributed by atoms with E-state index in [2.05, 4.69) is 10.2 Å². The lowest BCUT2D eigenvalue weighted by atomic mass is 10.1. The molecule has 0 saturated carbocycles. The number of phenolic OH excluding ortho intramolecular Hbond substituents is 1. The monoisotopic (exact) mass is 340 g/mol. The average Bonchev–Trinajstić information content (AvgIpc) is 2.51. The Hall–Kier alpha value is -2.84. The van der Waals surface area contributed by atoms with Crippen molar-refractivity contribution in [1.29, 1.82) is 0 Å². The first kappa shape index (κ1) is 19.2. The maximum absolute atomic E-state index is 12.1. The van der Waals surface area contributed by atoms with Crippen molar-refractivity contribution in [2.24, 2.45) is 0 Å². The van der Waals surface area contributed by atoms with Crippen LogP contribution >= 0.6 is 0 Å². The number of unbranched alkanes of at least 4 members (excludes halogenated alkanes) is 1. The van der Waals surface area contributed by atoms with Gasteiger partial charge in [0.1, 0.15) is 11.8 Å². The minimum absolute atomic E-state index is 0.0623. The standard InChI is InChI=1S/C15H20N2O7/c1-11(18)16-14(10-12-4-6-13(19)7-5-12)15(20)23-8-2-3-9-24-17(21)22/h4-7,14,19H,2-3,8-10H2,1H3,(H,16,18)/t14-/m0/s1. The Morgan fingerprint density at radius 2 is 1.88 bits per heavy atom. The van der Waals surface area contributed by atoms with Gasteiger partial charge in [0.2, 0.25) is 5.91 Å². The Kier molecular flexibility index (Phi) is 8.03. The van der Waals surface area contributed by atoms with Crippen molar-refractivity contribution in [3.8, 4) is 5.75 Å². The summed E-state index contributed by atoms with van der Waals surface area (Å²) in [6, 6.07) is 5.42. The van der Waals surface area contributed by atoms with E-state index >= 15 is 0 Å². The highest BCUT2D eigenvalue weighted by Gasteiger charge is 2.21. The Labute approximate surface area is 138 Å². The highest BCUT2D eigenvalue weighted by molar-refractivity contribution is 5.83. The van der Waals surface area contributed by atoms with Crippen molar-refractivity contribution in [3.05, 3.63) is 39.9 Å². The molecule has 1 atom stereocenters. The van der Waals surface area contributed by atoms with Gasteiger partial charge in [0, 0.05) is 13.3 Å². The number of nitrogens with one attached hydrogen (secondary N) is 1. The van der Waals surface area contributed by atoms with Crippen molar-refractivity contribution in [3.63, 3.8) is 0 Å². The van der Waals surface area contributed by atoms with E-state index < -0.39 is 17.1 Å². The maximum Gasteiger partial charge on any atom is 0.328 e. The van der Waals surface area contributed by atoms with Crippen LogP contribution in [-0.2, 0) is 25.6 Å². The summed E-state index contributed by atoms with van der Waals surface area (Å²) in [7, 11) is 0. The van der Waals surface area contributed by atoms with Gasteiger partial charge in [-0.1, -0.05) is 12.1 Å². The highest BCUT2D eigenvalue weighted by Crippen LogP contribution is 2.12. The third kappa shape index (κ3) is 7.97. The summed E-state index contributed by atoms with van der Waals surface area (Å²) in [5.41, 5.74) is 0.753. The van der Waals surface area contributed by atoms with Crippen molar-refractivity contribution in [2.45, 2.75) is 32.2 Å². The molecule has 0 unspecified atom stereocenters. The SMILES string of the molecule is CC(=O)N[C@@H](Cc1ccc(O)cc1)C(=O)OCCCCO[N+](=O)[O-]. The van der Waals surface area contributed by atoms with Crippen LogP contribution in [0.25, 0.3) is 0 Å². The molecule has 0 saturated heterocycles. The molecule has 1 rings (SSSR count). The van der Waals surface area contributed by atoms with Crippen LogP contribution < -0.4 is 5.32 Å². The molecule has 0 spiro atoms. The molecule has 1 amide bonds. The molecule has 0 bridgehead atoms. The van der Waals surface area contributed by atoms with E-state index in [-0.39, 0.29) is 31.3 Å². The average molecular weight is 340 g/mol. The van der Waals surface area contributed by atoms with Crippen LogP contribution in [0.3, 0.4) is 0 Å². The fourth-order valence-electron chi connectivity index (χ4n) is 1.92. The predicted octanol–water partition coefficient (Wildman–Crippen LogP) is 0.971. The molecule has 132 valence electrons. The van der Waals surface area contributed by atoms with Crippen LogP contribution in [0.15, 0.2) is 24.3 Å². The van der Waals surface area contributed by atoms with Gasteiger partial charge in [0.25, 0.3) is 5.09 Å². The highest BCUT2D eigenvalue weighted by atomic mass is 16.9. The third-order valence-electron chi connectivity index (χ3n) is 3.02. The van der Waals surface area contributed by atoms with Crippen LogP contribution in [0, 0.1) is 10.1 Å². The molecule has 0 aliphatic heterocycles. The summed E-state index contributed by atoms with van der Waals surface area (Å²) in [6.07, 6.45) is 1.01. The number of ether oxygens (including phenoxy) is 1. The zero-order valence-corrected chi connectivity index (χ0v) is 13.3. The number of esters is 1. The van der Waals surface area contributed by atoms with E-state index in [0.29, 0.717) is 12.8 Å². The van der Waals surface area contributed by atoms with Gasteiger partial charge in [-0.15, -0.1) is 10.1 Å². The summed E-state index contributed by atoms with van der Waals surface area (Å²) >= 11 is 0. The molecular formula is C15H20N2O7. The number of carbonyl (C=O) groups excluding carboxylic acids is 2. The fraction of sp³-hybridized carbons (Fsp3) is 0.467. The van der Waals surface area contributed by atoms with E-state index in [4.69, 9.17) is 4.74 Å². The molecule has 9 nitrogen and oxygen atoms in total. The smallest absolute Gasteiger partial charge is 0.328 e. The number of phenols is 1. The molecular weight excluding hydrogens is 320 g/mol. The Bertz CT molecular complexity index is 559. The van der Waals surface area contributed by atoms with Gasteiger partial charge in [0.05, 0.1) is 13.2 Å². The largest absolute Gasteiger partial charge is 0.508 e. The molecule has 0 aliphatic carbocycles. The van der Waals surface area contributed by atoms with Gasteiger partial charge in [-0.2, -0.15) is 0 Å². The molecule has 1 aromatic rings. The van der Waals surface area contributed by atoms with Gasteiger partial charge in [0.15, 0.2) is 0 Å². The lowest BCUT2D eigenvalue weighted by Gasteiger charge is -2.17. The molecule has 1 aromatic carbocycles. The minimum atomic E-state index is -0.878. The maximum atomic E-state index is 12.1.